The quantitative estimate of drug-likeness (QED) is 0.0320. The van der Waals surface area contributed by atoms with Crippen LogP contribution in [-0.2, 0) is 14.3 Å². The fourth-order valence-electron chi connectivity index (χ4n) is 14.0. The van der Waals surface area contributed by atoms with Crippen molar-refractivity contribution in [3.63, 3.8) is 0 Å². The molecule has 95 heavy (non-hydrogen) atoms. The first kappa shape index (κ1) is 93.1. The zero-order valence-electron chi connectivity index (χ0n) is 64.7. The van der Waals surface area contributed by atoms with Crippen LogP contribution < -0.4 is 5.32 Å². The van der Waals surface area contributed by atoms with Crippen LogP contribution in [-0.4, -0.2) is 47.4 Å². The summed E-state index contributed by atoms with van der Waals surface area (Å²) in [6.07, 6.45) is 111. The molecule has 0 fully saturated rings. The number of unbranched alkanes of at least 4 members (excludes halogenated alkanes) is 66. The summed E-state index contributed by atoms with van der Waals surface area (Å²) in [6.45, 7) is 5.00. The zero-order valence-corrected chi connectivity index (χ0v) is 64.7. The van der Waals surface area contributed by atoms with Crippen LogP contribution in [0.5, 0.6) is 0 Å². The van der Waals surface area contributed by atoms with Gasteiger partial charge in [0.05, 0.1) is 25.4 Å². The van der Waals surface area contributed by atoms with Crippen molar-refractivity contribution < 1.29 is 24.5 Å². The number of allylic oxidation sites excluding steroid dienone is 6. The second-order valence-corrected chi connectivity index (χ2v) is 30.2. The number of hydrogen-bond acceptors (Lipinski definition) is 5. The SMILES string of the molecule is CCCCCCCC/C=C\CCCCCCCC(=O)OCCCCCCCCCCCCCCCCC/C=C\C/C=C\CCCCCCCCCCCCCCCCCCCC(=O)NC(CO)C(O)CCCCCCCCCCCCCCCCCCCCCCCCCC. The van der Waals surface area contributed by atoms with Crippen molar-refractivity contribution in [1.82, 2.24) is 5.32 Å². The number of rotatable bonds is 83. The molecule has 0 aliphatic carbocycles. The summed E-state index contributed by atoms with van der Waals surface area (Å²) >= 11 is 0. The van der Waals surface area contributed by atoms with Crippen LogP contribution in [0.3, 0.4) is 0 Å². The fraction of sp³-hybridized carbons (Fsp3) is 0.910. The van der Waals surface area contributed by atoms with E-state index < -0.39 is 12.1 Å². The number of esters is 1. The van der Waals surface area contributed by atoms with Gasteiger partial charge in [0.1, 0.15) is 0 Å². The number of aliphatic hydroxyl groups excluding tert-OH is 2. The highest BCUT2D eigenvalue weighted by Gasteiger charge is 2.20. The average molecular weight is 1340 g/mol. The molecular formula is C89H171NO5. The van der Waals surface area contributed by atoms with E-state index in [4.69, 9.17) is 4.74 Å². The summed E-state index contributed by atoms with van der Waals surface area (Å²) in [6, 6.07) is -0.541. The van der Waals surface area contributed by atoms with E-state index in [-0.39, 0.29) is 18.5 Å². The van der Waals surface area contributed by atoms with Gasteiger partial charge in [0.25, 0.3) is 0 Å². The molecule has 0 spiro atoms. The van der Waals surface area contributed by atoms with Crippen molar-refractivity contribution in [2.75, 3.05) is 13.2 Å². The summed E-state index contributed by atoms with van der Waals surface area (Å²) in [4.78, 5) is 24.7. The highest BCUT2D eigenvalue weighted by atomic mass is 16.5. The van der Waals surface area contributed by atoms with Crippen molar-refractivity contribution in [2.24, 2.45) is 0 Å². The van der Waals surface area contributed by atoms with E-state index in [1.807, 2.05) is 0 Å². The minimum absolute atomic E-state index is 0.0133. The average Bonchev–Trinajstić information content (AvgIpc) is 2.95. The lowest BCUT2D eigenvalue weighted by molar-refractivity contribution is -0.143. The van der Waals surface area contributed by atoms with Gasteiger partial charge in [-0.05, 0) is 83.5 Å². The van der Waals surface area contributed by atoms with Crippen molar-refractivity contribution >= 4 is 11.9 Å². The Kier molecular flexibility index (Phi) is 82.8. The van der Waals surface area contributed by atoms with E-state index in [1.54, 1.807) is 0 Å². The van der Waals surface area contributed by atoms with Gasteiger partial charge in [-0.25, -0.2) is 0 Å². The Balaban J connectivity index is 3.36. The predicted molar refractivity (Wildman–Crippen MR) is 421 cm³/mol. The maximum atomic E-state index is 12.6. The highest BCUT2D eigenvalue weighted by Crippen LogP contribution is 2.21. The Morgan fingerprint density at radius 3 is 0.811 bits per heavy atom. The number of nitrogens with one attached hydrogen (secondary N) is 1. The van der Waals surface area contributed by atoms with Crippen molar-refractivity contribution in [2.45, 2.75) is 508 Å². The number of carbonyl (C=O) groups is 2. The molecule has 6 nitrogen and oxygen atoms in total. The molecule has 0 bridgehead atoms. The van der Waals surface area contributed by atoms with Gasteiger partial charge in [-0.2, -0.15) is 0 Å². The fourth-order valence-corrected chi connectivity index (χ4v) is 14.0. The Morgan fingerprint density at radius 2 is 0.526 bits per heavy atom. The molecule has 2 atom stereocenters. The van der Waals surface area contributed by atoms with Crippen LogP contribution in [0.4, 0.5) is 0 Å². The van der Waals surface area contributed by atoms with Crippen LogP contribution >= 0.6 is 0 Å². The first-order chi connectivity index (χ1) is 47.0. The molecule has 0 saturated carbocycles. The molecule has 0 heterocycles. The minimum atomic E-state index is -0.664. The molecule has 0 radical (unpaired) electrons. The lowest BCUT2D eigenvalue weighted by Crippen LogP contribution is -2.45. The van der Waals surface area contributed by atoms with Crippen LogP contribution in [0, 0.1) is 0 Å². The largest absolute Gasteiger partial charge is 0.466 e. The third-order valence-corrected chi connectivity index (χ3v) is 20.7. The predicted octanol–water partition coefficient (Wildman–Crippen LogP) is 29.3. The topological polar surface area (TPSA) is 95.9 Å². The summed E-state index contributed by atoms with van der Waals surface area (Å²) in [7, 11) is 0. The molecule has 0 aromatic rings. The van der Waals surface area contributed by atoms with Crippen LogP contribution in [0.25, 0.3) is 0 Å². The zero-order chi connectivity index (χ0) is 68.4. The standard InChI is InChI=1S/C89H171NO5/c1-3-5-7-9-11-13-15-17-19-20-21-22-23-41-44-47-50-54-57-61-65-69-73-77-81-87(92)86(85-91)90-88(93)82-78-74-70-66-62-58-55-51-48-45-42-39-37-35-33-31-29-27-25-24-26-28-30-32-34-36-38-40-43-46-49-52-56-60-64-68-72-76-80-84-95-89(94)83-79-75-71-67-63-59-53-18-16-14-12-10-8-6-4-2/h18,24-25,28,30,53,86-87,91-92H,3-17,19-23,26-27,29,31-52,54-85H2,1-2H3,(H,90,93)/b25-24-,30-28-,53-18-. The van der Waals surface area contributed by atoms with Crippen LogP contribution in [0.15, 0.2) is 36.5 Å². The van der Waals surface area contributed by atoms with E-state index in [0.29, 0.717) is 25.9 Å². The second kappa shape index (κ2) is 84.5. The summed E-state index contributed by atoms with van der Waals surface area (Å²) in [5.41, 5.74) is 0. The van der Waals surface area contributed by atoms with Gasteiger partial charge in [-0.15, -0.1) is 0 Å². The lowest BCUT2D eigenvalue weighted by atomic mass is 10.0. The van der Waals surface area contributed by atoms with Crippen LogP contribution in [0.1, 0.15) is 495 Å². The third kappa shape index (κ3) is 80.9. The molecular weight excluding hydrogens is 1160 g/mol. The van der Waals surface area contributed by atoms with Gasteiger partial charge in [0, 0.05) is 12.8 Å². The summed E-state index contributed by atoms with van der Waals surface area (Å²) < 4.78 is 5.50. The third-order valence-electron chi connectivity index (χ3n) is 20.7. The number of aliphatic hydroxyl groups is 2. The molecule has 6 heteroatoms. The van der Waals surface area contributed by atoms with Crippen LogP contribution in [0.2, 0.25) is 0 Å². The van der Waals surface area contributed by atoms with Gasteiger partial charge in [0.15, 0.2) is 0 Å². The molecule has 2 unspecified atom stereocenters. The molecule has 0 aromatic heterocycles. The van der Waals surface area contributed by atoms with E-state index in [2.05, 4.69) is 55.6 Å². The van der Waals surface area contributed by atoms with Gasteiger partial charge in [0.2, 0.25) is 5.91 Å². The molecule has 3 N–H and O–H groups in total. The van der Waals surface area contributed by atoms with Crippen molar-refractivity contribution in [3.8, 4) is 0 Å². The number of amides is 1. The maximum Gasteiger partial charge on any atom is 0.305 e. The van der Waals surface area contributed by atoms with E-state index >= 15 is 0 Å². The Morgan fingerprint density at radius 1 is 0.295 bits per heavy atom. The Bertz CT molecular complexity index is 1540. The van der Waals surface area contributed by atoms with Crippen molar-refractivity contribution in [3.05, 3.63) is 36.5 Å². The number of carbonyl (C=O) groups excluding carboxylic acids is 2. The maximum absolute atomic E-state index is 12.6. The molecule has 562 valence electrons. The molecule has 0 aliphatic heterocycles. The summed E-state index contributed by atoms with van der Waals surface area (Å²) in [5.74, 6) is -0.0126. The monoisotopic (exact) mass is 1330 g/mol. The highest BCUT2D eigenvalue weighted by molar-refractivity contribution is 5.76. The lowest BCUT2D eigenvalue weighted by Gasteiger charge is -2.22. The summed E-state index contributed by atoms with van der Waals surface area (Å²) in [5, 5.41) is 23.5. The second-order valence-electron chi connectivity index (χ2n) is 30.2. The van der Waals surface area contributed by atoms with Gasteiger partial charge in [-0.3, -0.25) is 9.59 Å². The Labute approximate surface area is 595 Å². The number of ether oxygens (including phenoxy) is 1. The van der Waals surface area contributed by atoms with E-state index in [0.717, 1.165) is 51.4 Å². The van der Waals surface area contributed by atoms with Gasteiger partial charge in [-0.1, -0.05) is 436 Å². The molecule has 0 rings (SSSR count). The van der Waals surface area contributed by atoms with Crippen molar-refractivity contribution in [1.29, 1.82) is 0 Å². The number of hydrogen-bond donors (Lipinski definition) is 3. The van der Waals surface area contributed by atoms with E-state index in [9.17, 15) is 19.8 Å². The molecule has 0 aromatic carbocycles. The minimum Gasteiger partial charge on any atom is -0.466 e. The smallest absolute Gasteiger partial charge is 0.305 e. The first-order valence-electron chi connectivity index (χ1n) is 43.7. The van der Waals surface area contributed by atoms with Gasteiger partial charge < -0.3 is 20.3 Å². The van der Waals surface area contributed by atoms with E-state index in [1.165, 1.54) is 411 Å². The van der Waals surface area contributed by atoms with Gasteiger partial charge >= 0.3 is 5.97 Å². The first-order valence-corrected chi connectivity index (χ1v) is 43.7. The molecule has 1 amide bonds. The Hall–Kier alpha value is -1.92. The molecule has 0 saturated heterocycles. The normalized spacial score (nSPS) is 12.6. The molecule has 0 aliphatic rings.